The monoisotopic (exact) mass is 471 g/mol. The Hall–Kier alpha value is -2.65. The summed E-state index contributed by atoms with van der Waals surface area (Å²) < 4.78 is 17.2. The van der Waals surface area contributed by atoms with Crippen LogP contribution in [0.4, 0.5) is 0 Å². The standard InChI is InChI=1S/C25H33N3O6/c1-32-19-5-2-4-18(14-19)24(31)28-21(22(29)26-15-20-6-3-13-33-20)16-34-25(28)9-11-27(12-10-25)23(30)17-7-8-17/h2,4-5,14,17,20-21H,3,6-13,15-16H2,1H3,(H,26,29). The maximum Gasteiger partial charge on any atom is 0.257 e. The highest BCUT2D eigenvalue weighted by Crippen LogP contribution is 2.40. The number of rotatable bonds is 6. The third kappa shape index (κ3) is 4.51. The van der Waals surface area contributed by atoms with E-state index in [1.807, 2.05) is 4.90 Å². The summed E-state index contributed by atoms with van der Waals surface area (Å²) in [7, 11) is 1.55. The summed E-state index contributed by atoms with van der Waals surface area (Å²) >= 11 is 0. The van der Waals surface area contributed by atoms with Crippen molar-refractivity contribution in [3.8, 4) is 5.75 Å². The molecule has 4 fully saturated rings. The van der Waals surface area contributed by atoms with Gasteiger partial charge in [-0.05, 0) is 43.9 Å². The lowest BCUT2D eigenvalue weighted by molar-refractivity contribution is -0.144. The Morgan fingerprint density at radius 1 is 1.18 bits per heavy atom. The molecular weight excluding hydrogens is 438 g/mol. The van der Waals surface area contributed by atoms with E-state index in [-0.39, 0.29) is 36.4 Å². The summed E-state index contributed by atoms with van der Waals surface area (Å²) in [6.07, 6.45) is 4.82. The molecule has 1 aromatic rings. The third-order valence-corrected chi connectivity index (χ3v) is 7.41. The Kier molecular flexibility index (Phi) is 6.48. The second-order valence-electron chi connectivity index (χ2n) is 9.66. The second-order valence-corrected chi connectivity index (χ2v) is 9.66. The molecule has 3 amide bonds. The van der Waals surface area contributed by atoms with Crippen LogP contribution in [0.3, 0.4) is 0 Å². The molecule has 9 nitrogen and oxygen atoms in total. The van der Waals surface area contributed by atoms with Crippen molar-refractivity contribution in [2.45, 2.75) is 56.4 Å². The average molecular weight is 472 g/mol. The van der Waals surface area contributed by atoms with Crippen LogP contribution in [0.15, 0.2) is 24.3 Å². The molecule has 5 rings (SSSR count). The molecule has 0 radical (unpaired) electrons. The SMILES string of the molecule is COc1cccc(C(=O)N2C(C(=O)NCC3CCCO3)COC23CCN(C(=O)C2CC2)CC3)c1. The van der Waals surface area contributed by atoms with Crippen molar-refractivity contribution < 1.29 is 28.6 Å². The number of amides is 3. The van der Waals surface area contributed by atoms with Crippen molar-refractivity contribution in [1.29, 1.82) is 0 Å². The molecular formula is C25H33N3O6. The average Bonchev–Trinajstić information content (AvgIpc) is 3.47. The number of methoxy groups -OCH3 is 1. The predicted molar refractivity (Wildman–Crippen MR) is 122 cm³/mol. The summed E-state index contributed by atoms with van der Waals surface area (Å²) in [5.41, 5.74) is -0.468. The molecule has 0 bridgehead atoms. The number of nitrogens with one attached hydrogen (secondary N) is 1. The lowest BCUT2D eigenvalue weighted by atomic mass is 9.96. The number of hydrogen-bond donors (Lipinski definition) is 1. The van der Waals surface area contributed by atoms with Crippen molar-refractivity contribution in [2.24, 2.45) is 5.92 Å². The molecule has 1 saturated carbocycles. The maximum absolute atomic E-state index is 13.8. The second kappa shape index (κ2) is 9.54. The van der Waals surface area contributed by atoms with Gasteiger partial charge < -0.3 is 24.4 Å². The Bertz CT molecular complexity index is 934. The number of piperidine rings is 1. The van der Waals surface area contributed by atoms with Gasteiger partial charge >= 0.3 is 0 Å². The first-order chi connectivity index (χ1) is 16.5. The lowest BCUT2D eigenvalue weighted by Crippen LogP contribution is -2.60. The van der Waals surface area contributed by atoms with Crippen LogP contribution < -0.4 is 10.1 Å². The van der Waals surface area contributed by atoms with Crippen LogP contribution in [0, 0.1) is 5.92 Å². The van der Waals surface area contributed by atoms with E-state index >= 15 is 0 Å². The van der Waals surface area contributed by atoms with Gasteiger partial charge in [-0.1, -0.05) is 6.07 Å². The Morgan fingerprint density at radius 2 is 1.97 bits per heavy atom. The van der Waals surface area contributed by atoms with Crippen molar-refractivity contribution in [3.05, 3.63) is 29.8 Å². The first-order valence-corrected chi connectivity index (χ1v) is 12.3. The molecule has 2 atom stereocenters. The van der Waals surface area contributed by atoms with Gasteiger partial charge in [0.05, 0.1) is 19.8 Å². The Balaban J connectivity index is 1.36. The molecule has 3 heterocycles. The van der Waals surface area contributed by atoms with Crippen LogP contribution in [0.1, 0.15) is 48.9 Å². The molecule has 3 aliphatic heterocycles. The molecule has 1 spiro atoms. The molecule has 1 aliphatic carbocycles. The van der Waals surface area contributed by atoms with Crippen LogP contribution in [0.25, 0.3) is 0 Å². The number of likely N-dealkylation sites (tertiary alicyclic amines) is 1. The first-order valence-electron chi connectivity index (χ1n) is 12.3. The van der Waals surface area contributed by atoms with Crippen LogP contribution >= 0.6 is 0 Å². The van der Waals surface area contributed by atoms with Gasteiger partial charge in [0.1, 0.15) is 17.5 Å². The third-order valence-electron chi connectivity index (χ3n) is 7.41. The van der Waals surface area contributed by atoms with Crippen molar-refractivity contribution in [2.75, 3.05) is 40.0 Å². The van der Waals surface area contributed by atoms with Crippen LogP contribution in [-0.2, 0) is 19.1 Å². The first kappa shape index (κ1) is 23.1. The zero-order chi connectivity index (χ0) is 23.7. The highest BCUT2D eigenvalue weighted by Gasteiger charge is 2.54. The highest BCUT2D eigenvalue weighted by atomic mass is 16.5. The van der Waals surface area contributed by atoms with Crippen LogP contribution in [-0.4, -0.2) is 85.3 Å². The van der Waals surface area contributed by atoms with E-state index in [0.29, 0.717) is 50.4 Å². The quantitative estimate of drug-likeness (QED) is 0.676. The van der Waals surface area contributed by atoms with E-state index in [9.17, 15) is 14.4 Å². The number of ether oxygens (including phenoxy) is 3. The van der Waals surface area contributed by atoms with Gasteiger partial charge in [0.25, 0.3) is 5.91 Å². The summed E-state index contributed by atoms with van der Waals surface area (Å²) in [6.45, 7) is 2.30. The predicted octanol–water partition coefficient (Wildman–Crippen LogP) is 1.56. The van der Waals surface area contributed by atoms with Gasteiger partial charge in [-0.25, -0.2) is 0 Å². The maximum atomic E-state index is 13.8. The number of hydrogen-bond acceptors (Lipinski definition) is 6. The van der Waals surface area contributed by atoms with Gasteiger partial charge in [0, 0.05) is 50.6 Å². The minimum Gasteiger partial charge on any atom is -0.497 e. The number of carbonyl (C=O) groups excluding carboxylic acids is 3. The lowest BCUT2D eigenvalue weighted by Gasteiger charge is -2.44. The summed E-state index contributed by atoms with van der Waals surface area (Å²) in [6, 6.07) is 6.21. The van der Waals surface area contributed by atoms with Crippen molar-refractivity contribution >= 4 is 17.7 Å². The van der Waals surface area contributed by atoms with E-state index in [0.717, 1.165) is 25.7 Å². The van der Waals surface area contributed by atoms with E-state index in [1.165, 1.54) is 0 Å². The largest absolute Gasteiger partial charge is 0.497 e. The van der Waals surface area contributed by atoms with E-state index in [1.54, 1.807) is 36.3 Å². The minimum absolute atomic E-state index is 0.0134. The van der Waals surface area contributed by atoms with Gasteiger partial charge in [0.2, 0.25) is 11.8 Å². The van der Waals surface area contributed by atoms with E-state index < -0.39 is 11.8 Å². The van der Waals surface area contributed by atoms with Gasteiger partial charge in [0.15, 0.2) is 0 Å². The summed E-state index contributed by atoms with van der Waals surface area (Å²) in [5.74, 6) is 0.425. The Labute approximate surface area is 199 Å². The van der Waals surface area contributed by atoms with Crippen LogP contribution in [0.5, 0.6) is 5.75 Å². The van der Waals surface area contributed by atoms with E-state index in [2.05, 4.69) is 5.32 Å². The van der Waals surface area contributed by atoms with Crippen molar-refractivity contribution in [1.82, 2.24) is 15.1 Å². The number of nitrogens with zero attached hydrogens (tertiary/aromatic N) is 2. The molecule has 2 unspecified atom stereocenters. The molecule has 9 heteroatoms. The molecule has 1 N–H and O–H groups in total. The van der Waals surface area contributed by atoms with Gasteiger partial charge in [-0.3, -0.25) is 19.3 Å². The van der Waals surface area contributed by atoms with Crippen LogP contribution in [0.2, 0.25) is 0 Å². The summed E-state index contributed by atoms with van der Waals surface area (Å²) in [5, 5.41) is 2.97. The highest BCUT2D eigenvalue weighted by molar-refractivity contribution is 5.98. The van der Waals surface area contributed by atoms with Gasteiger partial charge in [-0.15, -0.1) is 0 Å². The molecule has 3 saturated heterocycles. The zero-order valence-corrected chi connectivity index (χ0v) is 19.7. The normalized spacial score (nSPS) is 26.0. The molecule has 0 aromatic heterocycles. The summed E-state index contributed by atoms with van der Waals surface area (Å²) in [4.78, 5) is 43.1. The smallest absolute Gasteiger partial charge is 0.257 e. The number of carbonyl (C=O) groups is 3. The van der Waals surface area contributed by atoms with E-state index in [4.69, 9.17) is 14.2 Å². The van der Waals surface area contributed by atoms with Gasteiger partial charge in [-0.2, -0.15) is 0 Å². The van der Waals surface area contributed by atoms with Crippen molar-refractivity contribution in [3.63, 3.8) is 0 Å². The molecule has 34 heavy (non-hydrogen) atoms. The molecule has 1 aromatic carbocycles. The molecule has 184 valence electrons. The fourth-order valence-electron chi connectivity index (χ4n) is 5.26. The Morgan fingerprint density at radius 3 is 2.65 bits per heavy atom. The number of benzene rings is 1. The zero-order valence-electron chi connectivity index (χ0n) is 19.7. The minimum atomic E-state index is -0.910. The fourth-order valence-corrected chi connectivity index (χ4v) is 5.26. The topological polar surface area (TPSA) is 97.4 Å². The fraction of sp³-hybridized carbons (Fsp3) is 0.640. The molecule has 4 aliphatic rings.